The molecule has 114 valence electrons. The van der Waals surface area contributed by atoms with Gasteiger partial charge < -0.3 is 4.74 Å². The number of nitrogens with zero attached hydrogens (tertiary/aromatic N) is 1. The Balaban J connectivity index is 1.94. The molecule has 2 N–H and O–H groups in total. The molecule has 0 atom stereocenters. The minimum atomic E-state index is -0.467. The first-order valence-corrected chi connectivity index (χ1v) is 6.74. The lowest BCUT2D eigenvalue weighted by Crippen LogP contribution is -2.42. The number of rotatable bonds is 4. The number of hydrogen-bond donors (Lipinski definition) is 2. The van der Waals surface area contributed by atoms with Gasteiger partial charge in [0.05, 0.1) is 13.5 Å². The molecule has 0 unspecified atom stereocenters. The van der Waals surface area contributed by atoms with Gasteiger partial charge in [-0.05, 0) is 25.1 Å². The van der Waals surface area contributed by atoms with E-state index in [1.807, 2.05) is 25.1 Å². The lowest BCUT2D eigenvalue weighted by atomic mass is 10.1. The summed E-state index contributed by atoms with van der Waals surface area (Å²) < 4.78 is 5.22. The van der Waals surface area contributed by atoms with Gasteiger partial charge >= 0.3 is 0 Å². The summed E-state index contributed by atoms with van der Waals surface area (Å²) in [7, 11) is 1.55. The highest BCUT2D eigenvalue weighted by atomic mass is 16.5. The van der Waals surface area contributed by atoms with Gasteiger partial charge in [0.1, 0.15) is 11.4 Å². The average molecular weight is 299 g/mol. The van der Waals surface area contributed by atoms with Crippen LogP contribution in [0.2, 0.25) is 0 Å². The molecule has 2 rings (SSSR count). The molecular weight excluding hydrogens is 282 g/mol. The second-order valence-electron chi connectivity index (χ2n) is 4.71. The second kappa shape index (κ2) is 7.21. The maximum absolute atomic E-state index is 11.9. The zero-order chi connectivity index (χ0) is 15.9. The first-order valence-electron chi connectivity index (χ1n) is 6.74. The zero-order valence-corrected chi connectivity index (χ0v) is 12.4. The van der Waals surface area contributed by atoms with Gasteiger partial charge in [-0.1, -0.05) is 23.8 Å². The van der Waals surface area contributed by atoms with Crippen LogP contribution < -0.4 is 15.6 Å². The third kappa shape index (κ3) is 4.05. The van der Waals surface area contributed by atoms with E-state index in [4.69, 9.17) is 4.74 Å². The Morgan fingerprint density at radius 2 is 2.00 bits per heavy atom. The Hall–Kier alpha value is -2.89. The molecule has 0 aliphatic carbocycles. The number of hydrazine groups is 1. The molecule has 0 bridgehead atoms. The molecule has 0 saturated carbocycles. The summed E-state index contributed by atoms with van der Waals surface area (Å²) in [5, 5.41) is 0. The predicted molar refractivity (Wildman–Crippen MR) is 81.3 cm³/mol. The molecule has 0 saturated heterocycles. The van der Waals surface area contributed by atoms with E-state index in [1.165, 1.54) is 6.20 Å². The molecule has 2 aromatic rings. The van der Waals surface area contributed by atoms with E-state index >= 15 is 0 Å². The highest BCUT2D eigenvalue weighted by Gasteiger charge is 2.11. The number of amides is 2. The van der Waals surface area contributed by atoms with Gasteiger partial charge in [0.15, 0.2) is 0 Å². The third-order valence-corrected chi connectivity index (χ3v) is 3.00. The van der Waals surface area contributed by atoms with Crippen molar-refractivity contribution in [2.75, 3.05) is 7.11 Å². The van der Waals surface area contributed by atoms with Crippen molar-refractivity contribution in [1.29, 1.82) is 0 Å². The molecule has 1 aromatic heterocycles. The van der Waals surface area contributed by atoms with Crippen LogP contribution in [0.3, 0.4) is 0 Å². The number of aromatic nitrogens is 1. The molecule has 6 nitrogen and oxygen atoms in total. The summed E-state index contributed by atoms with van der Waals surface area (Å²) in [6.07, 6.45) is 1.61. The number of carbonyl (C=O) groups excluding carboxylic acids is 2. The number of pyridine rings is 1. The SMILES string of the molecule is COc1ccc(C)cc1CC(=O)NNC(=O)c1ccccn1. The average Bonchev–Trinajstić information content (AvgIpc) is 2.53. The molecule has 2 amide bonds. The number of ether oxygens (including phenoxy) is 1. The summed E-state index contributed by atoms with van der Waals surface area (Å²) in [6.45, 7) is 1.93. The van der Waals surface area contributed by atoms with Crippen molar-refractivity contribution in [1.82, 2.24) is 15.8 Å². The number of aryl methyl sites for hydroxylation is 1. The highest BCUT2D eigenvalue weighted by molar-refractivity contribution is 5.93. The smallest absolute Gasteiger partial charge is 0.288 e. The van der Waals surface area contributed by atoms with Crippen molar-refractivity contribution in [3.63, 3.8) is 0 Å². The molecule has 0 aliphatic heterocycles. The zero-order valence-electron chi connectivity index (χ0n) is 12.4. The maximum atomic E-state index is 11.9. The fraction of sp³-hybridized carbons (Fsp3) is 0.188. The maximum Gasteiger partial charge on any atom is 0.288 e. The normalized spacial score (nSPS) is 9.91. The van der Waals surface area contributed by atoms with Crippen LogP contribution in [0.15, 0.2) is 42.6 Å². The molecular formula is C16H17N3O3. The van der Waals surface area contributed by atoms with E-state index in [0.717, 1.165) is 11.1 Å². The molecule has 0 radical (unpaired) electrons. The standard InChI is InChI=1S/C16H17N3O3/c1-11-6-7-14(22-2)12(9-11)10-15(20)18-19-16(21)13-5-3-4-8-17-13/h3-9H,10H2,1-2H3,(H,18,20)(H,19,21). The monoisotopic (exact) mass is 299 g/mol. The Labute approximate surface area is 128 Å². The van der Waals surface area contributed by atoms with Crippen LogP contribution in [-0.2, 0) is 11.2 Å². The fourth-order valence-corrected chi connectivity index (χ4v) is 1.95. The van der Waals surface area contributed by atoms with Gasteiger partial charge in [0, 0.05) is 11.8 Å². The van der Waals surface area contributed by atoms with Crippen molar-refractivity contribution < 1.29 is 14.3 Å². The molecule has 1 heterocycles. The van der Waals surface area contributed by atoms with Crippen molar-refractivity contribution in [3.8, 4) is 5.75 Å². The van der Waals surface area contributed by atoms with E-state index in [0.29, 0.717) is 5.75 Å². The van der Waals surface area contributed by atoms with Gasteiger partial charge in [-0.3, -0.25) is 25.4 Å². The topological polar surface area (TPSA) is 80.3 Å². The number of carbonyl (C=O) groups is 2. The summed E-state index contributed by atoms with van der Waals surface area (Å²) in [5.41, 5.74) is 6.71. The minimum Gasteiger partial charge on any atom is -0.496 e. The number of methoxy groups -OCH3 is 1. The molecule has 0 spiro atoms. The minimum absolute atomic E-state index is 0.105. The first kappa shape index (κ1) is 15.5. The van der Waals surface area contributed by atoms with Crippen LogP contribution in [0, 0.1) is 6.92 Å². The van der Waals surface area contributed by atoms with Crippen LogP contribution in [-0.4, -0.2) is 23.9 Å². The first-order chi connectivity index (χ1) is 10.6. The van der Waals surface area contributed by atoms with E-state index < -0.39 is 5.91 Å². The second-order valence-corrected chi connectivity index (χ2v) is 4.71. The molecule has 0 fully saturated rings. The molecule has 22 heavy (non-hydrogen) atoms. The Morgan fingerprint density at radius 1 is 1.18 bits per heavy atom. The van der Waals surface area contributed by atoms with Crippen LogP contribution >= 0.6 is 0 Å². The molecule has 1 aromatic carbocycles. The van der Waals surface area contributed by atoms with Crippen LogP contribution in [0.1, 0.15) is 21.6 Å². The Morgan fingerprint density at radius 3 is 2.68 bits per heavy atom. The lowest BCUT2D eigenvalue weighted by Gasteiger charge is -2.10. The third-order valence-electron chi connectivity index (χ3n) is 3.00. The predicted octanol–water partition coefficient (Wildman–Crippen LogP) is 1.40. The Kier molecular flexibility index (Phi) is 5.08. The Bertz CT molecular complexity index is 672. The van der Waals surface area contributed by atoms with Crippen LogP contribution in [0.5, 0.6) is 5.75 Å². The largest absolute Gasteiger partial charge is 0.496 e. The van der Waals surface area contributed by atoms with Crippen molar-refractivity contribution in [2.45, 2.75) is 13.3 Å². The van der Waals surface area contributed by atoms with Gasteiger partial charge in [-0.25, -0.2) is 0 Å². The lowest BCUT2D eigenvalue weighted by molar-refractivity contribution is -0.121. The number of hydrogen-bond acceptors (Lipinski definition) is 4. The van der Waals surface area contributed by atoms with E-state index in [9.17, 15) is 9.59 Å². The van der Waals surface area contributed by atoms with E-state index in [-0.39, 0.29) is 18.0 Å². The van der Waals surface area contributed by atoms with Crippen molar-refractivity contribution in [3.05, 3.63) is 59.4 Å². The van der Waals surface area contributed by atoms with Crippen LogP contribution in [0.25, 0.3) is 0 Å². The van der Waals surface area contributed by atoms with Crippen LogP contribution in [0.4, 0.5) is 0 Å². The quantitative estimate of drug-likeness (QED) is 0.836. The van der Waals surface area contributed by atoms with Gasteiger partial charge in [-0.2, -0.15) is 0 Å². The summed E-state index contributed by atoms with van der Waals surface area (Å²) in [4.78, 5) is 27.6. The summed E-state index contributed by atoms with van der Waals surface area (Å²) >= 11 is 0. The molecule has 6 heteroatoms. The van der Waals surface area contributed by atoms with Crippen molar-refractivity contribution in [2.24, 2.45) is 0 Å². The highest BCUT2D eigenvalue weighted by Crippen LogP contribution is 2.19. The summed E-state index contributed by atoms with van der Waals surface area (Å²) in [5.74, 6) is -0.171. The fourth-order valence-electron chi connectivity index (χ4n) is 1.95. The van der Waals surface area contributed by atoms with E-state index in [2.05, 4.69) is 15.8 Å². The number of nitrogens with one attached hydrogen (secondary N) is 2. The molecule has 0 aliphatic rings. The number of benzene rings is 1. The summed E-state index contributed by atoms with van der Waals surface area (Å²) in [6, 6.07) is 10.6. The van der Waals surface area contributed by atoms with Gasteiger partial charge in [0.25, 0.3) is 5.91 Å². The van der Waals surface area contributed by atoms with Crippen molar-refractivity contribution >= 4 is 11.8 Å². The van der Waals surface area contributed by atoms with Gasteiger partial charge in [0.2, 0.25) is 5.91 Å². The van der Waals surface area contributed by atoms with Gasteiger partial charge in [-0.15, -0.1) is 0 Å². The van der Waals surface area contributed by atoms with E-state index in [1.54, 1.807) is 25.3 Å².